The molecule has 1 aliphatic heterocycles. The maximum absolute atomic E-state index is 12.6. The van der Waals surface area contributed by atoms with Crippen molar-refractivity contribution < 1.29 is 18.7 Å². The van der Waals surface area contributed by atoms with Crippen LogP contribution in [0, 0.1) is 0 Å². The summed E-state index contributed by atoms with van der Waals surface area (Å²) in [6.07, 6.45) is 3.83. The number of piperidine rings is 1. The second-order valence-electron chi connectivity index (χ2n) is 9.49. The predicted octanol–water partition coefficient (Wildman–Crippen LogP) is 5.06. The maximum atomic E-state index is 12.6. The van der Waals surface area contributed by atoms with E-state index < -0.39 is 0 Å². The second kappa shape index (κ2) is 11.8. The lowest BCUT2D eigenvalue weighted by Gasteiger charge is -2.26. The molecular formula is C30H32N4O4. The zero-order valence-electron chi connectivity index (χ0n) is 21.2. The molecule has 4 N–H and O–H groups in total. The number of nitrogen functional groups attached to an aromatic ring is 1. The van der Waals surface area contributed by atoms with Crippen LogP contribution in [0.3, 0.4) is 0 Å². The summed E-state index contributed by atoms with van der Waals surface area (Å²) in [5, 5.41) is 6.56. The van der Waals surface area contributed by atoms with Gasteiger partial charge in [-0.15, -0.1) is 0 Å². The highest BCUT2D eigenvalue weighted by molar-refractivity contribution is 6.05. The highest BCUT2D eigenvalue weighted by Gasteiger charge is 2.15. The molecule has 8 nitrogen and oxygen atoms in total. The lowest BCUT2D eigenvalue weighted by atomic mass is 10.1. The van der Waals surface area contributed by atoms with E-state index in [-0.39, 0.29) is 24.2 Å². The Labute approximate surface area is 221 Å². The maximum Gasteiger partial charge on any atom is 0.287 e. The molecule has 1 fully saturated rings. The molecule has 1 saturated heterocycles. The lowest BCUT2D eigenvalue weighted by Crippen LogP contribution is -2.28. The number of benzene rings is 3. The first-order valence-electron chi connectivity index (χ1n) is 13.0. The quantitative estimate of drug-likeness (QED) is 0.214. The molecule has 2 amide bonds. The molecule has 1 aromatic heterocycles. The lowest BCUT2D eigenvalue weighted by molar-refractivity contribution is 0.0921. The van der Waals surface area contributed by atoms with Crippen molar-refractivity contribution in [3.05, 3.63) is 89.7 Å². The van der Waals surface area contributed by atoms with Crippen molar-refractivity contribution >= 4 is 34.2 Å². The number of hydrogen-bond acceptors (Lipinski definition) is 6. The van der Waals surface area contributed by atoms with Gasteiger partial charge in [0.2, 0.25) is 0 Å². The van der Waals surface area contributed by atoms with Crippen LogP contribution in [-0.4, -0.2) is 43.0 Å². The summed E-state index contributed by atoms with van der Waals surface area (Å²) < 4.78 is 11.5. The fourth-order valence-corrected chi connectivity index (χ4v) is 4.61. The van der Waals surface area contributed by atoms with E-state index in [0.29, 0.717) is 34.8 Å². The zero-order valence-corrected chi connectivity index (χ0v) is 21.2. The molecule has 4 aromatic rings. The average molecular weight is 513 g/mol. The Kier molecular flexibility index (Phi) is 7.89. The molecule has 1 aliphatic rings. The van der Waals surface area contributed by atoms with Crippen LogP contribution in [0.4, 0.5) is 11.4 Å². The molecular weight excluding hydrogens is 480 g/mol. The molecule has 0 saturated carbocycles. The van der Waals surface area contributed by atoms with Gasteiger partial charge >= 0.3 is 0 Å². The van der Waals surface area contributed by atoms with Crippen LogP contribution >= 0.6 is 0 Å². The third kappa shape index (κ3) is 6.33. The van der Waals surface area contributed by atoms with Crippen LogP contribution in [-0.2, 0) is 6.54 Å². The van der Waals surface area contributed by atoms with Gasteiger partial charge < -0.3 is 25.5 Å². The van der Waals surface area contributed by atoms with Gasteiger partial charge in [-0.2, -0.15) is 0 Å². The van der Waals surface area contributed by atoms with Crippen molar-refractivity contribution in [3.63, 3.8) is 0 Å². The number of anilines is 2. The van der Waals surface area contributed by atoms with Crippen LogP contribution in [0.25, 0.3) is 11.0 Å². The van der Waals surface area contributed by atoms with E-state index in [2.05, 4.69) is 27.7 Å². The number of carbonyl (C=O) groups excluding carboxylic acids is 2. The number of hydrogen-bond donors (Lipinski definition) is 3. The van der Waals surface area contributed by atoms with Gasteiger partial charge in [-0.25, -0.2) is 0 Å². The van der Waals surface area contributed by atoms with Crippen molar-refractivity contribution in [1.82, 2.24) is 10.2 Å². The summed E-state index contributed by atoms with van der Waals surface area (Å²) in [6, 6.07) is 21.8. The summed E-state index contributed by atoms with van der Waals surface area (Å²) in [5.41, 5.74) is 9.37. The molecule has 196 valence electrons. The number of nitrogens with zero attached hydrogens (tertiary/aromatic N) is 1. The zero-order chi connectivity index (χ0) is 26.3. The minimum absolute atomic E-state index is 0.258. The number of likely N-dealkylation sites (tertiary alicyclic amines) is 1. The Hall–Kier alpha value is -4.30. The second-order valence-corrected chi connectivity index (χ2v) is 9.49. The molecule has 38 heavy (non-hydrogen) atoms. The fourth-order valence-electron chi connectivity index (χ4n) is 4.61. The standard InChI is InChI=1S/C30H32N4O4/c31-25-6-2-3-7-26(25)33-29(35)22-9-11-24(12-10-22)37-17-14-32-30(36)28-19-23-18-21(8-13-27(23)38-28)20-34-15-4-1-5-16-34/h2-3,6-13,18-19H,1,4-5,14-17,20,31H2,(H,32,36)(H,33,35). The summed E-state index contributed by atoms with van der Waals surface area (Å²) >= 11 is 0. The molecule has 0 radical (unpaired) electrons. The number of rotatable bonds is 9. The summed E-state index contributed by atoms with van der Waals surface area (Å²) in [4.78, 5) is 27.5. The highest BCUT2D eigenvalue weighted by atomic mass is 16.5. The van der Waals surface area contributed by atoms with Gasteiger partial charge in [0, 0.05) is 17.5 Å². The van der Waals surface area contributed by atoms with Crippen LogP contribution in [0.5, 0.6) is 5.75 Å². The molecule has 0 unspecified atom stereocenters. The number of furan rings is 1. The largest absolute Gasteiger partial charge is 0.492 e. The van der Waals surface area contributed by atoms with Gasteiger partial charge in [-0.05, 0) is 86.1 Å². The van der Waals surface area contributed by atoms with Gasteiger partial charge in [0.1, 0.15) is 17.9 Å². The molecule has 5 rings (SSSR count). The van der Waals surface area contributed by atoms with Crippen molar-refractivity contribution in [3.8, 4) is 5.75 Å². The van der Waals surface area contributed by atoms with E-state index >= 15 is 0 Å². The van der Waals surface area contributed by atoms with E-state index in [0.717, 1.165) is 25.0 Å². The predicted molar refractivity (Wildman–Crippen MR) is 148 cm³/mol. The Morgan fingerprint density at radius 3 is 2.50 bits per heavy atom. The van der Waals surface area contributed by atoms with E-state index in [1.807, 2.05) is 18.2 Å². The normalized spacial score (nSPS) is 13.8. The SMILES string of the molecule is Nc1ccccc1NC(=O)c1ccc(OCCNC(=O)c2cc3cc(CN4CCCCC4)ccc3o2)cc1. The van der Waals surface area contributed by atoms with Gasteiger partial charge in [0.25, 0.3) is 11.8 Å². The van der Waals surface area contributed by atoms with Gasteiger partial charge in [-0.1, -0.05) is 24.6 Å². The molecule has 2 heterocycles. The smallest absolute Gasteiger partial charge is 0.287 e. The molecule has 0 bridgehead atoms. The number of nitrogens with two attached hydrogens (primary N) is 1. The Balaban J connectivity index is 1.08. The molecule has 3 aromatic carbocycles. The number of amides is 2. The fraction of sp³-hybridized carbons (Fsp3) is 0.267. The molecule has 0 atom stereocenters. The monoisotopic (exact) mass is 512 g/mol. The minimum atomic E-state index is -0.283. The van der Waals surface area contributed by atoms with Gasteiger partial charge in [0.05, 0.1) is 17.9 Å². The summed E-state index contributed by atoms with van der Waals surface area (Å²) in [7, 11) is 0. The van der Waals surface area contributed by atoms with E-state index in [1.165, 1.54) is 24.8 Å². The van der Waals surface area contributed by atoms with Crippen LogP contribution < -0.4 is 21.1 Å². The summed E-state index contributed by atoms with van der Waals surface area (Å²) in [6.45, 7) is 3.79. The first-order valence-corrected chi connectivity index (χ1v) is 13.0. The first kappa shape index (κ1) is 25.4. The molecule has 0 spiro atoms. The minimum Gasteiger partial charge on any atom is -0.492 e. The van der Waals surface area contributed by atoms with Crippen LogP contribution in [0.2, 0.25) is 0 Å². The Bertz CT molecular complexity index is 1410. The Morgan fingerprint density at radius 1 is 0.921 bits per heavy atom. The van der Waals surface area contributed by atoms with Crippen LogP contribution in [0.1, 0.15) is 45.7 Å². The van der Waals surface area contributed by atoms with Crippen molar-refractivity contribution in [2.24, 2.45) is 0 Å². The number of carbonyl (C=O) groups is 2. The average Bonchev–Trinajstić information content (AvgIpc) is 3.37. The molecule has 8 heteroatoms. The first-order chi connectivity index (χ1) is 18.5. The Morgan fingerprint density at radius 2 is 1.71 bits per heavy atom. The number of para-hydroxylation sites is 2. The van der Waals surface area contributed by atoms with Crippen molar-refractivity contribution in [2.75, 3.05) is 37.3 Å². The third-order valence-corrected chi connectivity index (χ3v) is 6.64. The topological polar surface area (TPSA) is 110 Å². The van der Waals surface area contributed by atoms with Gasteiger partial charge in [-0.3, -0.25) is 14.5 Å². The number of fused-ring (bicyclic) bond motifs is 1. The van der Waals surface area contributed by atoms with E-state index in [9.17, 15) is 9.59 Å². The number of ether oxygens (including phenoxy) is 1. The van der Waals surface area contributed by atoms with Crippen LogP contribution in [0.15, 0.2) is 77.2 Å². The van der Waals surface area contributed by atoms with E-state index in [1.54, 1.807) is 42.5 Å². The number of nitrogens with one attached hydrogen (secondary N) is 2. The third-order valence-electron chi connectivity index (χ3n) is 6.64. The molecule has 0 aliphatic carbocycles. The van der Waals surface area contributed by atoms with Crippen molar-refractivity contribution in [1.29, 1.82) is 0 Å². The van der Waals surface area contributed by atoms with E-state index in [4.69, 9.17) is 14.9 Å². The highest BCUT2D eigenvalue weighted by Crippen LogP contribution is 2.23. The van der Waals surface area contributed by atoms with Gasteiger partial charge in [0.15, 0.2) is 5.76 Å². The van der Waals surface area contributed by atoms with Crippen molar-refractivity contribution in [2.45, 2.75) is 25.8 Å². The summed E-state index contributed by atoms with van der Waals surface area (Å²) in [5.74, 6) is 0.338.